The molecule has 5 N–H and O–H groups in total. The highest BCUT2D eigenvalue weighted by molar-refractivity contribution is 5.75. The van der Waals surface area contributed by atoms with Gasteiger partial charge in [-0.15, -0.1) is 0 Å². The molecule has 0 heterocycles. The van der Waals surface area contributed by atoms with Gasteiger partial charge in [0.05, 0.1) is 26.9 Å². The second-order valence-electron chi connectivity index (χ2n) is 3.25. The SMILES string of the molecule is CN=C(N)N.O=[N+]([O-])c1cc([N+](=O)[O-])c(O)c([N+](=O)[O-])c1. The maximum atomic E-state index is 10.4. The van der Waals surface area contributed by atoms with Gasteiger partial charge in [0, 0.05) is 7.05 Å². The number of hydrogen-bond donors (Lipinski definition) is 3. The van der Waals surface area contributed by atoms with Crippen molar-refractivity contribution in [2.24, 2.45) is 16.5 Å². The molecule has 13 heteroatoms. The van der Waals surface area contributed by atoms with Gasteiger partial charge in [-0.1, -0.05) is 0 Å². The van der Waals surface area contributed by atoms with E-state index in [2.05, 4.69) is 4.99 Å². The fourth-order valence-electron chi connectivity index (χ4n) is 0.974. The zero-order valence-electron chi connectivity index (χ0n) is 10.5. The molecule has 0 saturated heterocycles. The summed E-state index contributed by atoms with van der Waals surface area (Å²) in [6.45, 7) is 0. The number of benzene rings is 1. The zero-order valence-corrected chi connectivity index (χ0v) is 10.5. The first-order chi connectivity index (χ1) is 9.61. The van der Waals surface area contributed by atoms with Crippen molar-refractivity contribution in [3.8, 4) is 5.75 Å². The van der Waals surface area contributed by atoms with E-state index in [-0.39, 0.29) is 5.96 Å². The van der Waals surface area contributed by atoms with Gasteiger partial charge in [0.15, 0.2) is 5.96 Å². The van der Waals surface area contributed by atoms with E-state index >= 15 is 0 Å². The maximum absolute atomic E-state index is 10.4. The normalized spacial score (nSPS) is 9.00. The fraction of sp³-hybridized carbons (Fsp3) is 0.125. The van der Waals surface area contributed by atoms with Crippen LogP contribution in [-0.4, -0.2) is 32.9 Å². The third-order valence-corrected chi connectivity index (χ3v) is 1.92. The van der Waals surface area contributed by atoms with E-state index in [1.165, 1.54) is 7.05 Å². The van der Waals surface area contributed by atoms with Crippen LogP contribution in [0, 0.1) is 30.3 Å². The number of phenols is 1. The van der Waals surface area contributed by atoms with E-state index in [1.807, 2.05) is 0 Å². The van der Waals surface area contributed by atoms with Crippen LogP contribution in [0.4, 0.5) is 17.1 Å². The quantitative estimate of drug-likeness (QED) is 0.296. The Bertz CT molecular complexity index is 574. The lowest BCUT2D eigenvalue weighted by atomic mass is 10.2. The largest absolute Gasteiger partial charge is 0.497 e. The van der Waals surface area contributed by atoms with Gasteiger partial charge < -0.3 is 16.6 Å². The highest BCUT2D eigenvalue weighted by Crippen LogP contribution is 2.38. The Morgan fingerprint density at radius 2 is 1.38 bits per heavy atom. The van der Waals surface area contributed by atoms with Crippen molar-refractivity contribution in [2.45, 2.75) is 0 Å². The molecule has 0 aliphatic carbocycles. The number of aliphatic imine (C=N–C) groups is 1. The Morgan fingerprint density at radius 1 is 1.05 bits per heavy atom. The minimum Gasteiger partial charge on any atom is -0.497 e. The number of hydrogen-bond acceptors (Lipinski definition) is 8. The molecule has 13 nitrogen and oxygen atoms in total. The van der Waals surface area contributed by atoms with E-state index in [0.29, 0.717) is 12.1 Å². The second kappa shape index (κ2) is 7.17. The molecule has 1 aromatic carbocycles. The number of nitrogens with zero attached hydrogens (tertiary/aromatic N) is 4. The minimum absolute atomic E-state index is 0.130. The van der Waals surface area contributed by atoms with Crippen LogP contribution < -0.4 is 11.5 Å². The van der Waals surface area contributed by atoms with Gasteiger partial charge in [0.1, 0.15) is 0 Å². The average molecular weight is 302 g/mol. The summed E-state index contributed by atoms with van der Waals surface area (Å²) in [6, 6.07) is 0.894. The van der Waals surface area contributed by atoms with Gasteiger partial charge in [-0.05, 0) is 0 Å². The number of nitro groups is 3. The smallest absolute Gasteiger partial charge is 0.324 e. The lowest BCUT2D eigenvalue weighted by Gasteiger charge is -1.97. The Balaban J connectivity index is 0.000000690. The maximum Gasteiger partial charge on any atom is 0.324 e. The van der Waals surface area contributed by atoms with E-state index in [9.17, 15) is 30.3 Å². The highest BCUT2D eigenvalue weighted by Gasteiger charge is 2.29. The van der Waals surface area contributed by atoms with Crippen molar-refractivity contribution in [1.82, 2.24) is 0 Å². The second-order valence-corrected chi connectivity index (χ2v) is 3.25. The number of guanidine groups is 1. The minimum atomic E-state index is -1.21. The van der Waals surface area contributed by atoms with E-state index in [4.69, 9.17) is 16.6 Å². The summed E-state index contributed by atoms with van der Waals surface area (Å²) in [7, 11) is 1.54. The number of nitro benzene ring substituents is 3. The fourth-order valence-corrected chi connectivity index (χ4v) is 0.974. The van der Waals surface area contributed by atoms with Crippen LogP contribution in [0.25, 0.3) is 0 Å². The summed E-state index contributed by atoms with van der Waals surface area (Å²) in [5, 5.41) is 40.2. The zero-order chi connectivity index (χ0) is 16.7. The molecule has 0 aromatic heterocycles. The van der Waals surface area contributed by atoms with Crippen LogP contribution in [0.15, 0.2) is 17.1 Å². The number of rotatable bonds is 3. The molecule has 0 spiro atoms. The Morgan fingerprint density at radius 3 is 1.57 bits per heavy atom. The van der Waals surface area contributed by atoms with Crippen LogP contribution >= 0.6 is 0 Å². The molecule has 0 radical (unpaired) electrons. The van der Waals surface area contributed by atoms with Crippen LogP contribution in [0.5, 0.6) is 5.75 Å². The molecule has 0 saturated carbocycles. The van der Waals surface area contributed by atoms with Gasteiger partial charge in [-0.2, -0.15) is 0 Å². The van der Waals surface area contributed by atoms with Crippen LogP contribution in [0.3, 0.4) is 0 Å². The van der Waals surface area contributed by atoms with Crippen molar-refractivity contribution in [3.63, 3.8) is 0 Å². The molecule has 0 fully saturated rings. The first-order valence-electron chi connectivity index (χ1n) is 4.89. The summed E-state index contributed by atoms with van der Waals surface area (Å²) in [6.07, 6.45) is 0. The standard InChI is InChI=1S/C6H3N3O7.C2H7N3/c10-6-4(8(13)14)1-3(7(11)12)2-5(6)9(15)16;1-5-2(3)4/h1-2,10H;1H3,(H4,3,4,5). The predicted molar refractivity (Wildman–Crippen MR) is 69.8 cm³/mol. The first kappa shape index (κ1) is 17.5. The van der Waals surface area contributed by atoms with E-state index in [0.717, 1.165) is 0 Å². The summed E-state index contributed by atoms with van der Waals surface area (Å²) in [4.78, 5) is 31.1. The summed E-state index contributed by atoms with van der Waals surface area (Å²) < 4.78 is 0. The molecule has 0 aliphatic rings. The van der Waals surface area contributed by atoms with Gasteiger partial charge in [0.25, 0.3) is 11.4 Å². The molecule has 0 amide bonds. The van der Waals surface area contributed by atoms with Gasteiger partial charge in [-0.25, -0.2) is 0 Å². The molecular formula is C8H10N6O7. The lowest BCUT2D eigenvalue weighted by molar-refractivity contribution is -0.404. The van der Waals surface area contributed by atoms with Gasteiger partial charge >= 0.3 is 11.4 Å². The molecule has 0 bridgehead atoms. The average Bonchev–Trinajstić information content (AvgIpc) is 2.38. The first-order valence-corrected chi connectivity index (χ1v) is 4.89. The Hall–Kier alpha value is -3.51. The van der Waals surface area contributed by atoms with Crippen molar-refractivity contribution in [3.05, 3.63) is 42.5 Å². The molecule has 21 heavy (non-hydrogen) atoms. The summed E-state index contributed by atoms with van der Waals surface area (Å²) >= 11 is 0. The number of phenolic OH excluding ortho intramolecular Hbond substituents is 1. The van der Waals surface area contributed by atoms with Crippen molar-refractivity contribution in [2.75, 3.05) is 7.05 Å². The number of aromatic hydroxyl groups is 1. The van der Waals surface area contributed by atoms with Crippen LogP contribution in [0.1, 0.15) is 0 Å². The predicted octanol–water partition coefficient (Wildman–Crippen LogP) is 0.00640. The Labute approximate surface area is 115 Å². The summed E-state index contributed by atoms with van der Waals surface area (Å²) in [5.41, 5.74) is 6.64. The Kier molecular flexibility index (Phi) is 5.97. The third-order valence-electron chi connectivity index (χ3n) is 1.92. The van der Waals surface area contributed by atoms with Gasteiger partial charge in [-0.3, -0.25) is 35.3 Å². The van der Waals surface area contributed by atoms with Crippen LogP contribution in [0.2, 0.25) is 0 Å². The molecule has 1 rings (SSSR count). The molecular weight excluding hydrogens is 292 g/mol. The molecule has 114 valence electrons. The van der Waals surface area contributed by atoms with Crippen molar-refractivity contribution < 1.29 is 19.9 Å². The lowest BCUT2D eigenvalue weighted by Crippen LogP contribution is -2.21. The van der Waals surface area contributed by atoms with Gasteiger partial charge in [0.2, 0.25) is 0 Å². The number of non-ortho nitro benzene ring substituents is 1. The molecule has 0 unspecified atom stereocenters. The molecule has 1 aromatic rings. The number of nitrogens with two attached hydrogens (primary N) is 2. The monoisotopic (exact) mass is 302 g/mol. The van der Waals surface area contributed by atoms with Crippen molar-refractivity contribution >= 4 is 23.0 Å². The van der Waals surface area contributed by atoms with E-state index < -0.39 is 37.6 Å². The van der Waals surface area contributed by atoms with E-state index in [1.54, 1.807) is 0 Å². The van der Waals surface area contributed by atoms with Crippen molar-refractivity contribution in [1.29, 1.82) is 0 Å². The summed E-state index contributed by atoms with van der Waals surface area (Å²) in [5.74, 6) is -1.08. The molecule has 0 atom stereocenters. The van der Waals surface area contributed by atoms with Crippen LogP contribution in [-0.2, 0) is 0 Å². The topological polar surface area (TPSA) is 214 Å². The third kappa shape index (κ3) is 4.93. The highest BCUT2D eigenvalue weighted by atomic mass is 16.6. The molecule has 0 aliphatic heterocycles.